The van der Waals surface area contributed by atoms with Crippen LogP contribution in [0.15, 0.2) is 72.8 Å². The van der Waals surface area contributed by atoms with Gasteiger partial charge in [-0.1, -0.05) is 55.8 Å². The maximum Gasteiger partial charge on any atom is 0.146 e. The van der Waals surface area contributed by atoms with Crippen LogP contribution < -0.4 is 5.48 Å². The molecule has 1 aliphatic rings. The first-order valence-corrected chi connectivity index (χ1v) is 12.0. The van der Waals surface area contributed by atoms with Crippen LogP contribution in [0.5, 0.6) is 0 Å². The van der Waals surface area contributed by atoms with Gasteiger partial charge in [0.2, 0.25) is 0 Å². The van der Waals surface area contributed by atoms with E-state index in [-0.39, 0.29) is 11.6 Å². The number of rotatable bonds is 7. The van der Waals surface area contributed by atoms with Crippen LogP contribution in [0.3, 0.4) is 0 Å². The van der Waals surface area contributed by atoms with Gasteiger partial charge in [0.15, 0.2) is 0 Å². The van der Waals surface area contributed by atoms with Crippen molar-refractivity contribution in [2.45, 2.75) is 51.0 Å². The minimum atomic E-state index is -0.928. The zero-order valence-electron chi connectivity index (χ0n) is 19.3. The first kappa shape index (κ1) is 22.5. The summed E-state index contributed by atoms with van der Waals surface area (Å²) in [5.41, 5.74) is 8.19. The number of pyridine rings is 1. The van der Waals surface area contributed by atoms with E-state index >= 15 is 0 Å². The van der Waals surface area contributed by atoms with Gasteiger partial charge in [-0.05, 0) is 79.1 Å². The van der Waals surface area contributed by atoms with Crippen LogP contribution in [0.1, 0.15) is 55.0 Å². The van der Waals surface area contributed by atoms with Gasteiger partial charge in [0.05, 0.1) is 11.2 Å². The second-order valence-corrected chi connectivity index (χ2v) is 8.93. The predicted octanol–water partition coefficient (Wildman–Crippen LogP) is 7.48. The van der Waals surface area contributed by atoms with E-state index in [2.05, 4.69) is 18.5 Å². The fourth-order valence-corrected chi connectivity index (χ4v) is 5.04. The van der Waals surface area contributed by atoms with Crippen LogP contribution in [0.4, 0.5) is 14.5 Å². The molecule has 1 aromatic heterocycles. The third kappa shape index (κ3) is 4.16. The number of nitrogens with zero attached hydrogens (tertiary/aromatic N) is 1. The molecule has 0 amide bonds. The average Bonchev–Trinajstić information content (AvgIpc) is 2.87. The van der Waals surface area contributed by atoms with Crippen molar-refractivity contribution in [1.29, 1.82) is 0 Å². The fraction of sp³-hybridized carbons (Fsp3) is 0.276. The van der Waals surface area contributed by atoms with Gasteiger partial charge in [0.1, 0.15) is 17.2 Å². The Hall–Kier alpha value is -3.31. The van der Waals surface area contributed by atoms with Crippen LogP contribution in [-0.4, -0.2) is 4.98 Å². The van der Waals surface area contributed by atoms with Crippen molar-refractivity contribution in [3.05, 3.63) is 107 Å². The number of benzene rings is 3. The summed E-state index contributed by atoms with van der Waals surface area (Å²) in [5.74, 6) is -0.620. The molecule has 0 spiro atoms. The molecular formula is C29H28F2N2O. The maximum absolute atomic E-state index is 13.8. The van der Waals surface area contributed by atoms with Gasteiger partial charge >= 0.3 is 0 Å². The van der Waals surface area contributed by atoms with Crippen molar-refractivity contribution in [3.8, 4) is 0 Å². The topological polar surface area (TPSA) is 34.1 Å². The number of hydrogen-bond donors (Lipinski definition) is 1. The molecule has 0 aliphatic heterocycles. The van der Waals surface area contributed by atoms with Crippen molar-refractivity contribution in [1.82, 2.24) is 4.98 Å². The van der Waals surface area contributed by atoms with Crippen molar-refractivity contribution >= 4 is 16.6 Å². The first-order valence-electron chi connectivity index (χ1n) is 12.0. The number of para-hydroxylation sites is 1. The molecule has 1 heterocycles. The van der Waals surface area contributed by atoms with E-state index in [1.807, 2.05) is 18.2 Å². The summed E-state index contributed by atoms with van der Waals surface area (Å²) in [6.45, 7) is 2.08. The molecule has 5 rings (SSSR count). The van der Waals surface area contributed by atoms with E-state index < -0.39 is 5.60 Å². The molecule has 34 heavy (non-hydrogen) atoms. The Kier molecular flexibility index (Phi) is 6.29. The van der Waals surface area contributed by atoms with Crippen LogP contribution >= 0.6 is 0 Å². The smallest absolute Gasteiger partial charge is 0.146 e. The lowest BCUT2D eigenvalue weighted by Crippen LogP contribution is -2.34. The van der Waals surface area contributed by atoms with Crippen LogP contribution in [-0.2, 0) is 23.3 Å². The number of fused-ring (bicyclic) bond motifs is 2. The van der Waals surface area contributed by atoms with Gasteiger partial charge < -0.3 is 0 Å². The Labute approximate surface area is 198 Å². The first-order chi connectivity index (χ1) is 16.6. The normalized spacial score (nSPS) is 13.6. The van der Waals surface area contributed by atoms with Gasteiger partial charge in [0, 0.05) is 11.1 Å². The quantitative estimate of drug-likeness (QED) is 0.292. The van der Waals surface area contributed by atoms with E-state index in [1.54, 1.807) is 24.3 Å². The SMILES string of the molecule is CCCC(ONc1c2c(nc3ccccc13)CCCC2)(c1ccc(F)cc1)c1ccc(F)cc1. The number of aromatic nitrogens is 1. The standard InChI is InChI=1S/C29H28F2N2O/c1-2-19-29(20-11-15-22(30)16-12-20,21-13-17-23(31)18-14-21)34-33-28-24-7-3-5-9-26(24)32-27-10-6-4-8-25(27)28/h3,5,7,9,11-18H,2,4,6,8,10,19H2,1H3,(H,32,33). The Morgan fingerprint density at radius 1 is 0.853 bits per heavy atom. The van der Waals surface area contributed by atoms with E-state index in [4.69, 9.17) is 9.82 Å². The second kappa shape index (κ2) is 9.51. The summed E-state index contributed by atoms with van der Waals surface area (Å²) in [5, 5.41) is 1.01. The Bertz CT molecular complexity index is 1240. The zero-order valence-corrected chi connectivity index (χ0v) is 19.3. The van der Waals surface area contributed by atoms with Crippen LogP contribution in [0.25, 0.3) is 10.9 Å². The molecule has 0 saturated heterocycles. The lowest BCUT2D eigenvalue weighted by Gasteiger charge is -2.35. The fourth-order valence-electron chi connectivity index (χ4n) is 5.04. The number of anilines is 1. The number of halogens is 2. The van der Waals surface area contributed by atoms with E-state index in [1.165, 1.54) is 29.8 Å². The van der Waals surface area contributed by atoms with Crippen molar-refractivity contribution in [2.24, 2.45) is 0 Å². The van der Waals surface area contributed by atoms with Gasteiger partial charge in [-0.2, -0.15) is 0 Å². The molecular weight excluding hydrogens is 430 g/mol. The molecule has 3 aromatic carbocycles. The minimum absolute atomic E-state index is 0.310. The number of nitrogens with one attached hydrogen (secondary N) is 1. The monoisotopic (exact) mass is 458 g/mol. The van der Waals surface area contributed by atoms with Crippen LogP contribution in [0, 0.1) is 11.6 Å². The van der Waals surface area contributed by atoms with Crippen molar-refractivity contribution in [3.63, 3.8) is 0 Å². The molecule has 0 unspecified atom stereocenters. The molecule has 0 radical (unpaired) electrons. The Morgan fingerprint density at radius 2 is 1.47 bits per heavy atom. The summed E-state index contributed by atoms with van der Waals surface area (Å²) >= 11 is 0. The van der Waals surface area contributed by atoms with Gasteiger partial charge in [-0.25, -0.2) is 8.78 Å². The molecule has 0 atom stereocenters. The molecule has 5 heteroatoms. The summed E-state index contributed by atoms with van der Waals surface area (Å²) in [6.07, 6.45) is 5.56. The summed E-state index contributed by atoms with van der Waals surface area (Å²) < 4.78 is 27.6. The number of hydrogen-bond acceptors (Lipinski definition) is 3. The third-order valence-corrected chi connectivity index (χ3v) is 6.72. The average molecular weight is 459 g/mol. The third-order valence-electron chi connectivity index (χ3n) is 6.72. The summed E-state index contributed by atoms with van der Waals surface area (Å²) in [7, 11) is 0. The van der Waals surface area contributed by atoms with Crippen LogP contribution in [0.2, 0.25) is 0 Å². The van der Waals surface area contributed by atoms with E-state index in [9.17, 15) is 8.78 Å². The molecule has 4 aromatic rings. The van der Waals surface area contributed by atoms with E-state index in [0.717, 1.165) is 65.5 Å². The highest BCUT2D eigenvalue weighted by atomic mass is 19.1. The highest BCUT2D eigenvalue weighted by molar-refractivity contribution is 5.93. The molecule has 0 bridgehead atoms. The molecule has 1 aliphatic carbocycles. The summed E-state index contributed by atoms with van der Waals surface area (Å²) in [6, 6.07) is 20.8. The van der Waals surface area contributed by atoms with Crippen molar-refractivity contribution in [2.75, 3.05) is 5.48 Å². The molecule has 174 valence electrons. The lowest BCUT2D eigenvalue weighted by atomic mass is 9.82. The molecule has 0 fully saturated rings. The second-order valence-electron chi connectivity index (χ2n) is 8.93. The predicted molar refractivity (Wildman–Crippen MR) is 132 cm³/mol. The summed E-state index contributed by atoms with van der Waals surface area (Å²) in [4.78, 5) is 11.6. The van der Waals surface area contributed by atoms with E-state index in [0.29, 0.717) is 6.42 Å². The molecule has 1 N–H and O–H groups in total. The maximum atomic E-state index is 13.8. The molecule has 0 saturated carbocycles. The van der Waals surface area contributed by atoms with Gasteiger partial charge in [-0.15, -0.1) is 0 Å². The minimum Gasteiger partial charge on any atom is -0.265 e. The van der Waals surface area contributed by atoms with Gasteiger partial charge in [0.25, 0.3) is 0 Å². The Balaban J connectivity index is 1.64. The highest BCUT2D eigenvalue weighted by Gasteiger charge is 2.36. The number of aryl methyl sites for hydroxylation is 1. The largest absolute Gasteiger partial charge is 0.265 e. The van der Waals surface area contributed by atoms with Crippen molar-refractivity contribution < 1.29 is 13.6 Å². The Morgan fingerprint density at radius 3 is 2.12 bits per heavy atom. The lowest BCUT2D eigenvalue weighted by molar-refractivity contribution is 0.0118. The van der Waals surface area contributed by atoms with Gasteiger partial charge in [-0.3, -0.25) is 15.3 Å². The highest BCUT2D eigenvalue weighted by Crippen LogP contribution is 2.40. The molecule has 3 nitrogen and oxygen atoms in total. The zero-order chi connectivity index (χ0) is 23.5.